The summed E-state index contributed by atoms with van der Waals surface area (Å²) in [5, 5.41) is 2.20. The maximum absolute atomic E-state index is 5.72. The van der Waals surface area contributed by atoms with Crippen LogP contribution in [0.1, 0.15) is 4.88 Å². The highest BCUT2D eigenvalue weighted by atomic mass is 35.5. The molecule has 2 aromatic rings. The number of halogens is 1. The molecule has 0 aliphatic rings. The summed E-state index contributed by atoms with van der Waals surface area (Å²) >= 11 is 7.33. The van der Waals surface area contributed by atoms with Gasteiger partial charge in [0, 0.05) is 4.88 Å². The standard InChI is InChI=1S/C9H8ClN3OS/c10-8-7(11)9(13-5-12-8)14-4-6-2-1-3-15-6/h1-3,5H,4,11H2. The first-order valence-corrected chi connectivity index (χ1v) is 5.44. The minimum absolute atomic E-state index is 0.214. The van der Waals surface area contributed by atoms with E-state index >= 15 is 0 Å². The lowest BCUT2D eigenvalue weighted by Crippen LogP contribution is -2.01. The molecule has 0 spiro atoms. The Morgan fingerprint density at radius 2 is 2.33 bits per heavy atom. The second-order valence-electron chi connectivity index (χ2n) is 2.75. The third-order valence-corrected chi connectivity index (χ3v) is 2.88. The van der Waals surface area contributed by atoms with E-state index in [2.05, 4.69) is 9.97 Å². The molecule has 0 atom stereocenters. The number of hydrogen-bond acceptors (Lipinski definition) is 5. The number of aromatic nitrogens is 2. The predicted molar refractivity (Wildman–Crippen MR) is 60.1 cm³/mol. The Hall–Kier alpha value is -1.33. The molecule has 0 unspecified atom stereocenters. The molecule has 2 heterocycles. The maximum Gasteiger partial charge on any atom is 0.242 e. The fourth-order valence-corrected chi connectivity index (χ4v) is 1.75. The maximum atomic E-state index is 5.72. The minimum atomic E-state index is 0.214. The van der Waals surface area contributed by atoms with E-state index in [1.165, 1.54) is 6.33 Å². The van der Waals surface area contributed by atoms with Crippen LogP contribution < -0.4 is 10.5 Å². The van der Waals surface area contributed by atoms with Gasteiger partial charge in [-0.25, -0.2) is 4.98 Å². The van der Waals surface area contributed by atoms with Crippen LogP contribution in [0.25, 0.3) is 0 Å². The molecule has 0 fully saturated rings. The lowest BCUT2D eigenvalue weighted by molar-refractivity contribution is 0.298. The van der Waals surface area contributed by atoms with Gasteiger partial charge in [-0.15, -0.1) is 11.3 Å². The number of rotatable bonds is 3. The molecule has 0 saturated carbocycles. The molecule has 4 nitrogen and oxygen atoms in total. The van der Waals surface area contributed by atoms with Crippen LogP contribution in [0.4, 0.5) is 5.69 Å². The molecule has 2 N–H and O–H groups in total. The van der Waals surface area contributed by atoms with Gasteiger partial charge in [0.25, 0.3) is 0 Å². The largest absolute Gasteiger partial charge is 0.470 e. The Balaban J connectivity index is 2.08. The van der Waals surface area contributed by atoms with Gasteiger partial charge in [0.2, 0.25) is 5.88 Å². The average Bonchev–Trinajstić information content (AvgIpc) is 2.73. The molecular weight excluding hydrogens is 234 g/mol. The van der Waals surface area contributed by atoms with E-state index in [1.807, 2.05) is 17.5 Å². The second kappa shape index (κ2) is 4.46. The van der Waals surface area contributed by atoms with Crippen LogP contribution in [0.5, 0.6) is 5.88 Å². The number of anilines is 1. The van der Waals surface area contributed by atoms with Gasteiger partial charge in [-0.3, -0.25) is 0 Å². The van der Waals surface area contributed by atoms with Gasteiger partial charge in [0.15, 0.2) is 5.15 Å². The smallest absolute Gasteiger partial charge is 0.242 e. The van der Waals surface area contributed by atoms with Crippen molar-refractivity contribution in [3.05, 3.63) is 33.9 Å². The molecule has 78 valence electrons. The number of thiophene rings is 1. The highest BCUT2D eigenvalue weighted by Gasteiger charge is 2.07. The normalized spacial score (nSPS) is 10.2. The molecule has 0 bridgehead atoms. The van der Waals surface area contributed by atoms with E-state index in [4.69, 9.17) is 22.1 Å². The van der Waals surface area contributed by atoms with Crippen LogP contribution >= 0.6 is 22.9 Å². The fraction of sp³-hybridized carbons (Fsp3) is 0.111. The van der Waals surface area contributed by atoms with Crippen LogP contribution in [-0.4, -0.2) is 9.97 Å². The first kappa shape index (κ1) is 10.2. The van der Waals surface area contributed by atoms with Crippen molar-refractivity contribution in [1.29, 1.82) is 0 Å². The van der Waals surface area contributed by atoms with Crippen LogP contribution in [0, 0.1) is 0 Å². The molecule has 0 amide bonds. The zero-order chi connectivity index (χ0) is 10.7. The summed E-state index contributed by atoms with van der Waals surface area (Å²) in [6.07, 6.45) is 1.32. The van der Waals surface area contributed by atoms with E-state index in [1.54, 1.807) is 11.3 Å². The Labute approximate surface area is 95.7 Å². The van der Waals surface area contributed by atoms with Gasteiger partial charge in [0.1, 0.15) is 18.6 Å². The van der Waals surface area contributed by atoms with Crippen LogP contribution in [0.15, 0.2) is 23.8 Å². The zero-order valence-corrected chi connectivity index (χ0v) is 9.26. The minimum Gasteiger partial charge on any atom is -0.470 e. The van der Waals surface area contributed by atoms with Gasteiger partial charge < -0.3 is 10.5 Å². The summed E-state index contributed by atoms with van der Waals surface area (Å²) in [5.41, 5.74) is 5.92. The second-order valence-corrected chi connectivity index (χ2v) is 4.14. The summed E-state index contributed by atoms with van der Waals surface area (Å²) in [5.74, 6) is 0.323. The Morgan fingerprint density at radius 1 is 1.47 bits per heavy atom. The topological polar surface area (TPSA) is 61.0 Å². The predicted octanol–water partition coefficient (Wildman–Crippen LogP) is 2.35. The SMILES string of the molecule is Nc1c(Cl)ncnc1OCc1cccs1. The first-order valence-electron chi connectivity index (χ1n) is 4.18. The average molecular weight is 242 g/mol. The Bertz CT molecular complexity index is 447. The number of ether oxygens (including phenoxy) is 1. The van der Waals surface area contributed by atoms with Gasteiger partial charge in [-0.05, 0) is 11.4 Å². The van der Waals surface area contributed by atoms with Crippen molar-refractivity contribution in [3.63, 3.8) is 0 Å². The van der Waals surface area contributed by atoms with Gasteiger partial charge >= 0.3 is 0 Å². The lowest BCUT2D eigenvalue weighted by Gasteiger charge is -2.06. The van der Waals surface area contributed by atoms with E-state index in [-0.39, 0.29) is 10.8 Å². The Kier molecular flexibility index (Phi) is 3.03. The summed E-state index contributed by atoms with van der Waals surface area (Å²) in [6, 6.07) is 3.93. The quantitative estimate of drug-likeness (QED) is 0.838. The van der Waals surface area contributed by atoms with Crippen molar-refractivity contribution in [2.45, 2.75) is 6.61 Å². The van der Waals surface area contributed by atoms with Gasteiger partial charge in [-0.1, -0.05) is 17.7 Å². The third kappa shape index (κ3) is 2.37. The van der Waals surface area contributed by atoms with Crippen molar-refractivity contribution in [1.82, 2.24) is 9.97 Å². The van der Waals surface area contributed by atoms with Crippen molar-refractivity contribution in [3.8, 4) is 5.88 Å². The zero-order valence-electron chi connectivity index (χ0n) is 7.68. The summed E-state index contributed by atoms with van der Waals surface area (Å²) in [7, 11) is 0. The summed E-state index contributed by atoms with van der Waals surface area (Å²) < 4.78 is 5.41. The summed E-state index contributed by atoms with van der Waals surface area (Å²) in [6.45, 7) is 0.440. The van der Waals surface area contributed by atoms with Crippen molar-refractivity contribution < 1.29 is 4.74 Å². The molecule has 0 saturated heterocycles. The molecular formula is C9H8ClN3OS. The van der Waals surface area contributed by atoms with E-state index in [9.17, 15) is 0 Å². The molecule has 0 radical (unpaired) electrons. The highest BCUT2D eigenvalue weighted by molar-refractivity contribution is 7.09. The molecule has 0 aromatic carbocycles. The number of nitrogens with two attached hydrogens (primary N) is 1. The number of nitrogens with zero attached hydrogens (tertiary/aromatic N) is 2. The van der Waals surface area contributed by atoms with E-state index in [0.717, 1.165) is 4.88 Å². The lowest BCUT2D eigenvalue weighted by atomic mass is 10.5. The van der Waals surface area contributed by atoms with E-state index in [0.29, 0.717) is 12.5 Å². The molecule has 2 aromatic heterocycles. The summed E-state index contributed by atoms with van der Waals surface area (Å²) in [4.78, 5) is 8.74. The number of nitrogen functional groups attached to an aromatic ring is 1. The van der Waals surface area contributed by atoms with Crippen molar-refractivity contribution in [2.75, 3.05) is 5.73 Å². The molecule has 2 rings (SSSR count). The van der Waals surface area contributed by atoms with Crippen LogP contribution in [-0.2, 0) is 6.61 Å². The van der Waals surface area contributed by atoms with E-state index < -0.39 is 0 Å². The highest BCUT2D eigenvalue weighted by Crippen LogP contribution is 2.25. The molecule has 15 heavy (non-hydrogen) atoms. The molecule has 0 aliphatic carbocycles. The van der Waals surface area contributed by atoms with Crippen LogP contribution in [0.3, 0.4) is 0 Å². The Morgan fingerprint density at radius 3 is 3.07 bits per heavy atom. The van der Waals surface area contributed by atoms with Crippen LogP contribution in [0.2, 0.25) is 5.15 Å². The first-order chi connectivity index (χ1) is 7.27. The van der Waals surface area contributed by atoms with Crippen molar-refractivity contribution >= 4 is 28.6 Å². The monoisotopic (exact) mass is 241 g/mol. The molecule has 6 heteroatoms. The molecule has 0 aliphatic heterocycles. The number of hydrogen-bond donors (Lipinski definition) is 1. The fourth-order valence-electron chi connectivity index (χ4n) is 1.01. The van der Waals surface area contributed by atoms with Gasteiger partial charge in [-0.2, -0.15) is 4.98 Å². The van der Waals surface area contributed by atoms with Gasteiger partial charge in [0.05, 0.1) is 0 Å². The third-order valence-electron chi connectivity index (χ3n) is 1.73. The van der Waals surface area contributed by atoms with Crippen molar-refractivity contribution in [2.24, 2.45) is 0 Å².